The maximum absolute atomic E-state index is 6.28. The van der Waals surface area contributed by atoms with E-state index in [1.807, 2.05) is 6.07 Å². The van der Waals surface area contributed by atoms with E-state index >= 15 is 0 Å². The fourth-order valence-electron chi connectivity index (χ4n) is 2.17. The molecule has 0 aliphatic carbocycles. The van der Waals surface area contributed by atoms with Crippen LogP contribution in [0.3, 0.4) is 0 Å². The normalized spacial score (nSPS) is 17.8. The Kier molecular flexibility index (Phi) is 3.72. The van der Waals surface area contributed by atoms with Gasteiger partial charge in [-0.25, -0.2) is 0 Å². The SMILES string of the molecule is CCN1CCN(c2ccc(C)cc2Cl)CC1. The summed E-state index contributed by atoms with van der Waals surface area (Å²) < 4.78 is 0. The number of halogens is 1. The molecule has 1 aliphatic rings. The first kappa shape index (κ1) is 11.7. The smallest absolute Gasteiger partial charge is 0.0642 e. The van der Waals surface area contributed by atoms with Gasteiger partial charge in [0.25, 0.3) is 0 Å². The van der Waals surface area contributed by atoms with E-state index in [-0.39, 0.29) is 0 Å². The molecule has 0 spiro atoms. The predicted molar refractivity (Wildman–Crippen MR) is 70.5 cm³/mol. The molecule has 0 N–H and O–H groups in total. The Hall–Kier alpha value is -0.730. The Morgan fingerprint density at radius 1 is 1.19 bits per heavy atom. The summed E-state index contributed by atoms with van der Waals surface area (Å²) >= 11 is 6.28. The fourth-order valence-corrected chi connectivity index (χ4v) is 2.53. The van der Waals surface area contributed by atoms with Crippen LogP contribution < -0.4 is 4.90 Å². The van der Waals surface area contributed by atoms with Crippen molar-refractivity contribution in [1.82, 2.24) is 4.90 Å². The Morgan fingerprint density at radius 3 is 2.44 bits per heavy atom. The van der Waals surface area contributed by atoms with E-state index in [4.69, 9.17) is 11.6 Å². The Morgan fingerprint density at radius 2 is 1.88 bits per heavy atom. The van der Waals surface area contributed by atoms with Gasteiger partial charge in [-0.1, -0.05) is 24.6 Å². The summed E-state index contributed by atoms with van der Waals surface area (Å²) in [6, 6.07) is 6.32. The number of benzene rings is 1. The second-order valence-electron chi connectivity index (χ2n) is 4.38. The standard InChI is InChI=1S/C13H19ClN2/c1-3-15-6-8-16(9-7-15)13-5-4-11(2)10-12(13)14/h4-5,10H,3,6-9H2,1-2H3. The molecule has 16 heavy (non-hydrogen) atoms. The highest BCUT2D eigenvalue weighted by Crippen LogP contribution is 2.27. The lowest BCUT2D eigenvalue weighted by Gasteiger charge is -2.36. The molecule has 0 amide bonds. The number of hydrogen-bond donors (Lipinski definition) is 0. The molecule has 1 aliphatic heterocycles. The zero-order valence-corrected chi connectivity index (χ0v) is 10.8. The zero-order chi connectivity index (χ0) is 11.5. The van der Waals surface area contributed by atoms with Crippen LogP contribution in [0.4, 0.5) is 5.69 Å². The molecular weight excluding hydrogens is 220 g/mol. The van der Waals surface area contributed by atoms with E-state index in [2.05, 4.69) is 35.8 Å². The topological polar surface area (TPSA) is 6.48 Å². The van der Waals surface area contributed by atoms with Crippen molar-refractivity contribution in [1.29, 1.82) is 0 Å². The van der Waals surface area contributed by atoms with E-state index in [0.717, 1.165) is 37.7 Å². The molecule has 3 heteroatoms. The molecule has 0 aromatic heterocycles. The fraction of sp³-hybridized carbons (Fsp3) is 0.538. The largest absolute Gasteiger partial charge is 0.368 e. The predicted octanol–water partition coefficient (Wildman–Crippen LogP) is 2.79. The zero-order valence-electron chi connectivity index (χ0n) is 10.0. The van der Waals surface area contributed by atoms with E-state index in [0.29, 0.717) is 0 Å². The van der Waals surface area contributed by atoms with E-state index in [9.17, 15) is 0 Å². The van der Waals surface area contributed by atoms with Gasteiger partial charge in [0, 0.05) is 26.2 Å². The number of rotatable bonds is 2. The summed E-state index contributed by atoms with van der Waals surface area (Å²) in [4.78, 5) is 4.85. The molecule has 0 atom stereocenters. The number of aryl methyl sites for hydroxylation is 1. The number of hydrogen-bond acceptors (Lipinski definition) is 2. The number of anilines is 1. The van der Waals surface area contributed by atoms with Crippen LogP contribution in [0.2, 0.25) is 5.02 Å². The summed E-state index contributed by atoms with van der Waals surface area (Å²) in [6.07, 6.45) is 0. The maximum Gasteiger partial charge on any atom is 0.0642 e. The Balaban J connectivity index is 2.08. The van der Waals surface area contributed by atoms with Crippen LogP contribution in [0.15, 0.2) is 18.2 Å². The quantitative estimate of drug-likeness (QED) is 0.782. The Labute approximate surface area is 103 Å². The van der Waals surface area contributed by atoms with Crippen LogP contribution in [0.25, 0.3) is 0 Å². The highest BCUT2D eigenvalue weighted by Gasteiger charge is 2.17. The van der Waals surface area contributed by atoms with Crippen molar-refractivity contribution in [2.24, 2.45) is 0 Å². The molecule has 0 bridgehead atoms. The van der Waals surface area contributed by atoms with Gasteiger partial charge in [0.15, 0.2) is 0 Å². The van der Waals surface area contributed by atoms with Crippen molar-refractivity contribution in [2.75, 3.05) is 37.6 Å². The van der Waals surface area contributed by atoms with Crippen molar-refractivity contribution in [3.63, 3.8) is 0 Å². The molecule has 0 saturated carbocycles. The lowest BCUT2D eigenvalue weighted by atomic mass is 10.2. The maximum atomic E-state index is 6.28. The average molecular weight is 239 g/mol. The molecule has 2 nitrogen and oxygen atoms in total. The van der Waals surface area contributed by atoms with Gasteiger partial charge in [-0.05, 0) is 31.2 Å². The van der Waals surface area contributed by atoms with Crippen LogP contribution in [0.5, 0.6) is 0 Å². The first-order valence-electron chi connectivity index (χ1n) is 5.94. The highest BCUT2D eigenvalue weighted by atomic mass is 35.5. The van der Waals surface area contributed by atoms with Crippen LogP contribution in [0.1, 0.15) is 12.5 Å². The number of likely N-dealkylation sites (N-methyl/N-ethyl adjacent to an activating group) is 1. The van der Waals surface area contributed by atoms with Crippen LogP contribution >= 0.6 is 11.6 Å². The summed E-state index contributed by atoms with van der Waals surface area (Å²) in [5.41, 5.74) is 2.41. The minimum atomic E-state index is 0.880. The molecule has 1 heterocycles. The first-order chi connectivity index (χ1) is 7.70. The van der Waals surface area contributed by atoms with Gasteiger partial charge in [0.2, 0.25) is 0 Å². The van der Waals surface area contributed by atoms with Gasteiger partial charge in [0.05, 0.1) is 10.7 Å². The van der Waals surface area contributed by atoms with E-state index in [1.165, 1.54) is 11.3 Å². The van der Waals surface area contributed by atoms with Crippen molar-refractivity contribution in [2.45, 2.75) is 13.8 Å². The van der Waals surface area contributed by atoms with Gasteiger partial charge >= 0.3 is 0 Å². The summed E-state index contributed by atoms with van der Waals surface area (Å²) in [5, 5.41) is 0.880. The third kappa shape index (κ3) is 2.50. The van der Waals surface area contributed by atoms with Crippen LogP contribution in [-0.4, -0.2) is 37.6 Å². The molecule has 1 aromatic rings. The third-order valence-corrected chi connectivity index (χ3v) is 3.57. The highest BCUT2D eigenvalue weighted by molar-refractivity contribution is 6.33. The molecule has 88 valence electrons. The molecular formula is C13H19ClN2. The molecule has 0 unspecified atom stereocenters. The summed E-state index contributed by atoms with van der Waals surface area (Å²) in [6.45, 7) is 9.88. The van der Waals surface area contributed by atoms with Gasteiger partial charge in [-0.15, -0.1) is 0 Å². The minimum Gasteiger partial charge on any atom is -0.368 e. The molecule has 1 aromatic carbocycles. The van der Waals surface area contributed by atoms with Crippen molar-refractivity contribution >= 4 is 17.3 Å². The lowest BCUT2D eigenvalue weighted by Crippen LogP contribution is -2.46. The van der Waals surface area contributed by atoms with Crippen LogP contribution in [0, 0.1) is 6.92 Å². The molecule has 1 fully saturated rings. The minimum absolute atomic E-state index is 0.880. The third-order valence-electron chi connectivity index (χ3n) is 3.26. The molecule has 0 radical (unpaired) electrons. The summed E-state index contributed by atoms with van der Waals surface area (Å²) in [5.74, 6) is 0. The lowest BCUT2D eigenvalue weighted by molar-refractivity contribution is 0.271. The van der Waals surface area contributed by atoms with E-state index in [1.54, 1.807) is 0 Å². The van der Waals surface area contributed by atoms with Gasteiger partial charge in [-0.3, -0.25) is 0 Å². The van der Waals surface area contributed by atoms with Crippen LogP contribution in [-0.2, 0) is 0 Å². The molecule has 2 rings (SSSR count). The van der Waals surface area contributed by atoms with E-state index < -0.39 is 0 Å². The monoisotopic (exact) mass is 238 g/mol. The van der Waals surface area contributed by atoms with Gasteiger partial charge in [0.1, 0.15) is 0 Å². The van der Waals surface area contributed by atoms with Crippen molar-refractivity contribution in [3.05, 3.63) is 28.8 Å². The Bertz CT molecular complexity index is 357. The van der Waals surface area contributed by atoms with Crippen molar-refractivity contribution < 1.29 is 0 Å². The summed E-state index contributed by atoms with van der Waals surface area (Å²) in [7, 11) is 0. The van der Waals surface area contributed by atoms with Gasteiger partial charge < -0.3 is 9.80 Å². The second kappa shape index (κ2) is 5.07. The van der Waals surface area contributed by atoms with Gasteiger partial charge in [-0.2, -0.15) is 0 Å². The van der Waals surface area contributed by atoms with Crippen molar-refractivity contribution in [3.8, 4) is 0 Å². The number of nitrogens with zero attached hydrogens (tertiary/aromatic N) is 2. The first-order valence-corrected chi connectivity index (χ1v) is 6.32. The molecule has 1 saturated heterocycles. The second-order valence-corrected chi connectivity index (χ2v) is 4.78. The average Bonchev–Trinajstić information content (AvgIpc) is 2.29. The number of piperazine rings is 1.